The zero-order chi connectivity index (χ0) is 38.4. The third-order valence-corrected chi connectivity index (χ3v) is 7.24. The van der Waals surface area contributed by atoms with Gasteiger partial charge in [-0.15, -0.1) is 0 Å². The number of esters is 5. The Morgan fingerprint density at radius 2 is 1.15 bits per heavy atom. The van der Waals surface area contributed by atoms with E-state index in [2.05, 4.69) is 10.6 Å². The first-order chi connectivity index (χ1) is 24.7. The van der Waals surface area contributed by atoms with E-state index in [1.54, 1.807) is 17.0 Å². The van der Waals surface area contributed by atoms with Crippen LogP contribution in [0.25, 0.3) is 0 Å². The molecule has 0 unspecified atom stereocenters. The molecule has 5 atom stereocenters. The van der Waals surface area contributed by atoms with E-state index < -0.39 is 83.6 Å². The molecule has 0 radical (unpaired) electrons. The molecule has 0 saturated carbocycles. The van der Waals surface area contributed by atoms with Gasteiger partial charge in [0.1, 0.15) is 24.1 Å². The van der Waals surface area contributed by atoms with Crippen LogP contribution in [-0.2, 0) is 52.4 Å². The SMILES string of the molecule is CC(=O)OC[C@H]1O[C@@H](OC(=O)CN(CCNc2ccccc2[N+](=O)[O-])CCNc2ccccc2[N+](=O)[O-])[C@H](OC(C)=O)[C@@H](OC(C)=O)[C@@H]1OC(C)=O. The van der Waals surface area contributed by atoms with Gasteiger partial charge in [-0.25, -0.2) is 0 Å². The van der Waals surface area contributed by atoms with Crippen molar-refractivity contribution in [2.45, 2.75) is 58.4 Å². The second-order valence-corrected chi connectivity index (χ2v) is 11.2. The van der Waals surface area contributed by atoms with Crippen LogP contribution in [0.5, 0.6) is 0 Å². The van der Waals surface area contributed by atoms with Crippen LogP contribution in [0, 0.1) is 20.2 Å². The summed E-state index contributed by atoms with van der Waals surface area (Å²) in [5.41, 5.74) is 0.112. The second kappa shape index (κ2) is 19.5. The molecule has 0 aromatic heterocycles. The highest BCUT2D eigenvalue weighted by atomic mass is 16.7. The maximum Gasteiger partial charge on any atom is 0.322 e. The Bertz CT molecular complexity index is 1560. The number of anilines is 2. The van der Waals surface area contributed by atoms with Gasteiger partial charge < -0.3 is 39.1 Å². The summed E-state index contributed by atoms with van der Waals surface area (Å²) in [6.07, 6.45) is -7.78. The molecule has 1 heterocycles. The van der Waals surface area contributed by atoms with Crippen LogP contribution in [0.3, 0.4) is 0 Å². The number of ether oxygens (including phenoxy) is 6. The molecule has 2 aromatic carbocycles. The molecule has 0 aliphatic carbocycles. The summed E-state index contributed by atoms with van der Waals surface area (Å²) < 4.78 is 32.5. The number of hydrogen-bond donors (Lipinski definition) is 2. The fourth-order valence-electron chi connectivity index (χ4n) is 5.16. The molecule has 1 saturated heterocycles. The predicted molar refractivity (Wildman–Crippen MR) is 178 cm³/mol. The number of para-hydroxylation sites is 4. The summed E-state index contributed by atoms with van der Waals surface area (Å²) in [6.45, 7) is 3.65. The lowest BCUT2D eigenvalue weighted by molar-refractivity contribution is -0.384. The molecule has 20 nitrogen and oxygen atoms in total. The number of hydrogen-bond acceptors (Lipinski definition) is 18. The van der Waals surface area contributed by atoms with Gasteiger partial charge in [-0.3, -0.25) is 49.1 Å². The highest BCUT2D eigenvalue weighted by Crippen LogP contribution is 2.30. The van der Waals surface area contributed by atoms with E-state index in [0.29, 0.717) is 0 Å². The zero-order valence-electron chi connectivity index (χ0n) is 28.7. The monoisotopic (exact) mass is 733 g/mol. The number of nitro benzene ring substituents is 2. The Balaban J connectivity index is 1.85. The fraction of sp³-hybridized carbons (Fsp3) is 0.469. The van der Waals surface area contributed by atoms with E-state index in [1.165, 1.54) is 36.4 Å². The molecule has 52 heavy (non-hydrogen) atoms. The zero-order valence-corrected chi connectivity index (χ0v) is 28.7. The number of nitrogens with zero attached hydrogens (tertiary/aromatic N) is 3. The van der Waals surface area contributed by atoms with Gasteiger partial charge >= 0.3 is 29.8 Å². The van der Waals surface area contributed by atoms with Gasteiger partial charge in [0.05, 0.1) is 16.4 Å². The molecule has 0 spiro atoms. The van der Waals surface area contributed by atoms with E-state index in [0.717, 1.165) is 27.7 Å². The van der Waals surface area contributed by atoms with Crippen molar-refractivity contribution in [3.8, 4) is 0 Å². The minimum absolute atomic E-state index is 0.0955. The molecule has 2 aromatic rings. The number of carbonyl (C=O) groups excluding carboxylic acids is 5. The standard InChI is InChI=1S/C32H39N5O15/c1-19(38)47-18-27-29(48-20(2)39)30(49-21(3)40)31(50-22(4)41)32(51-27)52-28(42)17-35(15-13-33-23-9-5-7-11-25(23)36(43)44)16-14-34-24-10-6-8-12-26(24)37(45)46/h5-12,27,29-34H,13-18H2,1-4H3/t27-,29-,30+,31-,32+/m1/s1. The van der Waals surface area contributed by atoms with Gasteiger partial charge in [0.2, 0.25) is 12.4 Å². The van der Waals surface area contributed by atoms with Crippen LogP contribution in [0.2, 0.25) is 0 Å². The van der Waals surface area contributed by atoms with E-state index >= 15 is 0 Å². The molecular formula is C32H39N5O15. The van der Waals surface area contributed by atoms with Gasteiger partial charge in [-0.05, 0) is 12.1 Å². The minimum atomic E-state index is -1.76. The van der Waals surface area contributed by atoms with E-state index in [9.17, 15) is 44.2 Å². The largest absolute Gasteiger partial charge is 0.463 e. The molecule has 1 aliphatic rings. The first-order valence-corrected chi connectivity index (χ1v) is 15.8. The Hall–Kier alpha value is -5.89. The van der Waals surface area contributed by atoms with Crippen molar-refractivity contribution in [3.63, 3.8) is 0 Å². The summed E-state index contributed by atoms with van der Waals surface area (Å²) in [4.78, 5) is 84.7. The van der Waals surface area contributed by atoms with Crippen LogP contribution in [0.15, 0.2) is 48.5 Å². The maximum atomic E-state index is 13.5. The molecule has 2 N–H and O–H groups in total. The molecule has 1 aliphatic heterocycles. The van der Waals surface area contributed by atoms with Gasteiger partial charge in [-0.2, -0.15) is 0 Å². The third-order valence-electron chi connectivity index (χ3n) is 7.24. The number of carbonyl (C=O) groups is 5. The third kappa shape index (κ3) is 12.5. The van der Waals surface area contributed by atoms with Crippen LogP contribution in [0.1, 0.15) is 27.7 Å². The van der Waals surface area contributed by atoms with Crippen molar-refractivity contribution >= 4 is 52.6 Å². The van der Waals surface area contributed by atoms with E-state index in [1.807, 2.05) is 0 Å². The molecule has 282 valence electrons. The van der Waals surface area contributed by atoms with Gasteiger partial charge in [0, 0.05) is 66.0 Å². The van der Waals surface area contributed by atoms with Gasteiger partial charge in [-0.1, -0.05) is 24.3 Å². The van der Waals surface area contributed by atoms with Gasteiger partial charge in [0.15, 0.2) is 12.2 Å². The minimum Gasteiger partial charge on any atom is -0.463 e. The van der Waals surface area contributed by atoms with E-state index in [4.69, 9.17) is 28.4 Å². The predicted octanol–water partition coefficient (Wildman–Crippen LogP) is 1.96. The van der Waals surface area contributed by atoms with Crippen molar-refractivity contribution in [1.82, 2.24) is 4.90 Å². The summed E-state index contributed by atoms with van der Waals surface area (Å²) in [5, 5.41) is 28.8. The number of nitrogens with one attached hydrogen (secondary N) is 2. The lowest BCUT2D eigenvalue weighted by atomic mass is 9.98. The first kappa shape index (κ1) is 40.5. The Morgan fingerprint density at radius 1 is 0.692 bits per heavy atom. The molecule has 0 amide bonds. The molecule has 1 fully saturated rings. The topological polar surface area (TPSA) is 254 Å². The highest BCUT2D eigenvalue weighted by Gasteiger charge is 2.53. The average Bonchev–Trinajstić information content (AvgIpc) is 3.06. The van der Waals surface area contributed by atoms with Crippen molar-refractivity contribution < 1.29 is 62.2 Å². The quantitative estimate of drug-likeness (QED) is 0.0960. The van der Waals surface area contributed by atoms with Crippen molar-refractivity contribution in [2.24, 2.45) is 0 Å². The fourth-order valence-corrected chi connectivity index (χ4v) is 5.16. The van der Waals surface area contributed by atoms with Crippen LogP contribution in [-0.4, -0.2) is 115 Å². The maximum absolute atomic E-state index is 13.5. The summed E-state index contributed by atoms with van der Waals surface area (Å²) in [5.74, 6) is -4.28. The molecular weight excluding hydrogens is 694 g/mol. The van der Waals surface area contributed by atoms with Crippen LogP contribution >= 0.6 is 0 Å². The lowest BCUT2D eigenvalue weighted by Gasteiger charge is -2.43. The van der Waals surface area contributed by atoms with Gasteiger partial charge in [0.25, 0.3) is 11.4 Å². The second-order valence-electron chi connectivity index (χ2n) is 11.2. The van der Waals surface area contributed by atoms with Crippen LogP contribution in [0.4, 0.5) is 22.7 Å². The van der Waals surface area contributed by atoms with Crippen molar-refractivity contribution in [2.75, 3.05) is 50.0 Å². The first-order valence-electron chi connectivity index (χ1n) is 15.8. The molecule has 0 bridgehead atoms. The van der Waals surface area contributed by atoms with Crippen molar-refractivity contribution in [3.05, 3.63) is 68.8 Å². The highest BCUT2D eigenvalue weighted by molar-refractivity contribution is 5.72. The van der Waals surface area contributed by atoms with Crippen LogP contribution < -0.4 is 10.6 Å². The number of rotatable bonds is 18. The van der Waals surface area contributed by atoms with Crippen molar-refractivity contribution in [1.29, 1.82) is 0 Å². The lowest BCUT2D eigenvalue weighted by Crippen LogP contribution is -2.63. The summed E-state index contributed by atoms with van der Waals surface area (Å²) in [7, 11) is 0. The molecule has 3 rings (SSSR count). The normalized spacial score (nSPS) is 19.4. The molecule has 20 heteroatoms. The average molecular weight is 734 g/mol. The number of nitro groups is 2. The summed E-state index contributed by atoms with van der Waals surface area (Å²) in [6, 6.07) is 11.9. The Morgan fingerprint density at radius 3 is 1.62 bits per heavy atom. The smallest absolute Gasteiger partial charge is 0.322 e. The summed E-state index contributed by atoms with van der Waals surface area (Å²) >= 11 is 0. The Kier molecular flexibility index (Phi) is 15.2. The van der Waals surface area contributed by atoms with E-state index in [-0.39, 0.29) is 48.9 Å². The number of benzene rings is 2. The Labute approximate surface area is 296 Å².